The van der Waals surface area contributed by atoms with Gasteiger partial charge in [-0.1, -0.05) is 12.8 Å². The Morgan fingerprint density at radius 3 is 2.77 bits per heavy atom. The Bertz CT molecular complexity index is 284. The molecule has 72 valence electrons. The van der Waals surface area contributed by atoms with Crippen LogP contribution in [-0.4, -0.2) is 9.78 Å². The largest absolute Gasteiger partial charge is 0.325 e. The summed E-state index contributed by atoms with van der Waals surface area (Å²) in [7, 11) is 2.02. The van der Waals surface area contributed by atoms with Crippen molar-refractivity contribution in [3.8, 4) is 0 Å². The first kappa shape index (κ1) is 8.75. The van der Waals surface area contributed by atoms with Crippen LogP contribution in [0, 0.1) is 0 Å². The molecule has 2 N–H and O–H groups in total. The van der Waals surface area contributed by atoms with Gasteiger partial charge >= 0.3 is 0 Å². The molecule has 1 saturated carbocycles. The molecule has 0 bridgehead atoms. The maximum absolute atomic E-state index is 5.55. The Hall–Kier alpha value is -0.830. The predicted molar refractivity (Wildman–Crippen MR) is 52.3 cm³/mol. The predicted octanol–water partition coefficient (Wildman–Crippen LogP) is 1.54. The number of hydrogen-bond donors (Lipinski definition) is 1. The van der Waals surface area contributed by atoms with Gasteiger partial charge in [-0.2, -0.15) is 5.10 Å². The van der Waals surface area contributed by atoms with Crippen molar-refractivity contribution in [1.29, 1.82) is 0 Å². The van der Waals surface area contributed by atoms with Crippen LogP contribution in [0.15, 0.2) is 6.07 Å². The van der Waals surface area contributed by atoms with Gasteiger partial charge in [0.25, 0.3) is 0 Å². The summed E-state index contributed by atoms with van der Waals surface area (Å²) in [4.78, 5) is 0. The van der Waals surface area contributed by atoms with Gasteiger partial charge in [-0.3, -0.25) is 4.68 Å². The summed E-state index contributed by atoms with van der Waals surface area (Å²) in [6.45, 7) is 0.556. The molecule has 3 nitrogen and oxygen atoms in total. The SMILES string of the molecule is Cn1nc(CN)cc1C1CCCC1. The number of aromatic nitrogens is 2. The average Bonchev–Trinajstić information content (AvgIpc) is 2.72. The minimum absolute atomic E-state index is 0.556. The Labute approximate surface area is 78.9 Å². The zero-order chi connectivity index (χ0) is 9.26. The molecular formula is C10H17N3. The van der Waals surface area contributed by atoms with Crippen molar-refractivity contribution in [3.63, 3.8) is 0 Å². The van der Waals surface area contributed by atoms with Gasteiger partial charge in [-0.15, -0.1) is 0 Å². The number of hydrogen-bond acceptors (Lipinski definition) is 2. The quantitative estimate of drug-likeness (QED) is 0.748. The van der Waals surface area contributed by atoms with Crippen LogP contribution in [0.5, 0.6) is 0 Å². The first-order chi connectivity index (χ1) is 6.31. The van der Waals surface area contributed by atoms with Crippen molar-refractivity contribution >= 4 is 0 Å². The van der Waals surface area contributed by atoms with Crippen molar-refractivity contribution in [2.45, 2.75) is 38.1 Å². The van der Waals surface area contributed by atoms with E-state index >= 15 is 0 Å². The van der Waals surface area contributed by atoms with Gasteiger partial charge in [0.05, 0.1) is 5.69 Å². The fourth-order valence-corrected chi connectivity index (χ4v) is 2.25. The molecule has 1 aliphatic carbocycles. The Kier molecular flexibility index (Phi) is 2.36. The third kappa shape index (κ3) is 1.61. The van der Waals surface area contributed by atoms with Crippen LogP contribution >= 0.6 is 0 Å². The maximum atomic E-state index is 5.55. The number of aryl methyl sites for hydroxylation is 1. The smallest absolute Gasteiger partial charge is 0.0763 e. The summed E-state index contributed by atoms with van der Waals surface area (Å²) >= 11 is 0. The van der Waals surface area contributed by atoms with Crippen molar-refractivity contribution in [2.24, 2.45) is 12.8 Å². The van der Waals surface area contributed by atoms with Crippen LogP contribution in [0.3, 0.4) is 0 Å². The van der Waals surface area contributed by atoms with Crippen LogP contribution in [-0.2, 0) is 13.6 Å². The summed E-state index contributed by atoms with van der Waals surface area (Å²) in [5.41, 5.74) is 7.95. The van der Waals surface area contributed by atoms with Crippen molar-refractivity contribution < 1.29 is 0 Å². The summed E-state index contributed by atoms with van der Waals surface area (Å²) in [5.74, 6) is 0.734. The van der Waals surface area contributed by atoms with Gasteiger partial charge in [0, 0.05) is 25.2 Å². The summed E-state index contributed by atoms with van der Waals surface area (Å²) in [6.07, 6.45) is 5.38. The van der Waals surface area contributed by atoms with Crippen molar-refractivity contribution in [3.05, 3.63) is 17.5 Å². The molecule has 13 heavy (non-hydrogen) atoms. The van der Waals surface area contributed by atoms with Crippen LogP contribution in [0.25, 0.3) is 0 Å². The van der Waals surface area contributed by atoms with E-state index in [0.29, 0.717) is 6.54 Å². The third-order valence-electron chi connectivity index (χ3n) is 2.95. The Balaban J connectivity index is 2.22. The number of nitrogens with zero attached hydrogens (tertiary/aromatic N) is 2. The minimum Gasteiger partial charge on any atom is -0.325 e. The van der Waals surface area contributed by atoms with E-state index in [-0.39, 0.29) is 0 Å². The van der Waals surface area contributed by atoms with Crippen LogP contribution in [0.4, 0.5) is 0 Å². The molecule has 1 fully saturated rings. The van der Waals surface area contributed by atoms with Crippen LogP contribution in [0.1, 0.15) is 43.0 Å². The van der Waals surface area contributed by atoms with E-state index < -0.39 is 0 Å². The van der Waals surface area contributed by atoms with Gasteiger partial charge in [-0.05, 0) is 18.9 Å². The first-order valence-electron chi connectivity index (χ1n) is 5.04. The Morgan fingerprint density at radius 2 is 2.23 bits per heavy atom. The minimum atomic E-state index is 0.556. The number of nitrogens with two attached hydrogens (primary N) is 1. The van der Waals surface area contributed by atoms with Gasteiger partial charge < -0.3 is 5.73 Å². The van der Waals surface area contributed by atoms with E-state index in [0.717, 1.165) is 11.6 Å². The van der Waals surface area contributed by atoms with Crippen LogP contribution < -0.4 is 5.73 Å². The topological polar surface area (TPSA) is 43.8 Å². The molecule has 0 amide bonds. The lowest BCUT2D eigenvalue weighted by Crippen LogP contribution is -2.02. The molecule has 2 rings (SSSR count). The third-order valence-corrected chi connectivity index (χ3v) is 2.95. The fraction of sp³-hybridized carbons (Fsp3) is 0.700. The molecule has 0 unspecified atom stereocenters. The van der Waals surface area contributed by atoms with E-state index in [9.17, 15) is 0 Å². The molecule has 1 heterocycles. The summed E-state index contributed by atoms with van der Waals surface area (Å²) in [6, 6.07) is 2.16. The molecule has 1 aliphatic rings. The highest BCUT2D eigenvalue weighted by Gasteiger charge is 2.20. The molecule has 1 aromatic heterocycles. The van der Waals surface area contributed by atoms with Crippen molar-refractivity contribution in [1.82, 2.24) is 9.78 Å². The standard InChI is InChI=1S/C10H17N3/c1-13-10(6-9(7-11)12-13)8-4-2-3-5-8/h6,8H,2-5,7,11H2,1H3. The van der Waals surface area contributed by atoms with E-state index in [1.165, 1.54) is 31.4 Å². The Morgan fingerprint density at radius 1 is 1.54 bits per heavy atom. The second kappa shape index (κ2) is 3.50. The zero-order valence-corrected chi connectivity index (χ0v) is 8.16. The first-order valence-corrected chi connectivity index (χ1v) is 5.04. The highest BCUT2D eigenvalue weighted by molar-refractivity contribution is 5.15. The van der Waals surface area contributed by atoms with Gasteiger partial charge in [0.2, 0.25) is 0 Å². The van der Waals surface area contributed by atoms with Gasteiger partial charge in [0.15, 0.2) is 0 Å². The van der Waals surface area contributed by atoms with Crippen molar-refractivity contribution in [2.75, 3.05) is 0 Å². The molecule has 0 saturated heterocycles. The molecule has 0 aromatic carbocycles. The highest BCUT2D eigenvalue weighted by Crippen LogP contribution is 2.33. The van der Waals surface area contributed by atoms with Gasteiger partial charge in [0.1, 0.15) is 0 Å². The van der Waals surface area contributed by atoms with E-state index in [1.54, 1.807) is 0 Å². The second-order valence-electron chi connectivity index (χ2n) is 3.87. The molecular weight excluding hydrogens is 162 g/mol. The van der Waals surface area contributed by atoms with Crippen LogP contribution in [0.2, 0.25) is 0 Å². The molecule has 0 radical (unpaired) electrons. The molecule has 0 atom stereocenters. The average molecular weight is 179 g/mol. The molecule has 0 spiro atoms. The fourth-order valence-electron chi connectivity index (χ4n) is 2.25. The molecule has 1 aromatic rings. The summed E-state index contributed by atoms with van der Waals surface area (Å²) in [5, 5.41) is 4.37. The second-order valence-corrected chi connectivity index (χ2v) is 3.87. The monoisotopic (exact) mass is 179 g/mol. The van der Waals surface area contributed by atoms with E-state index in [2.05, 4.69) is 11.2 Å². The van der Waals surface area contributed by atoms with Gasteiger partial charge in [-0.25, -0.2) is 0 Å². The van der Waals surface area contributed by atoms with E-state index in [1.807, 2.05) is 11.7 Å². The molecule has 3 heteroatoms. The lowest BCUT2D eigenvalue weighted by molar-refractivity contribution is 0.614. The lowest BCUT2D eigenvalue weighted by Gasteiger charge is -2.07. The summed E-state index contributed by atoms with van der Waals surface area (Å²) < 4.78 is 2.00. The maximum Gasteiger partial charge on any atom is 0.0763 e. The molecule has 0 aliphatic heterocycles. The highest BCUT2D eigenvalue weighted by atomic mass is 15.3. The lowest BCUT2D eigenvalue weighted by atomic mass is 10.0. The normalized spacial score (nSPS) is 18.3. The number of rotatable bonds is 2. The zero-order valence-electron chi connectivity index (χ0n) is 8.16. The van der Waals surface area contributed by atoms with E-state index in [4.69, 9.17) is 5.73 Å².